The van der Waals surface area contributed by atoms with Crippen molar-refractivity contribution >= 4 is 28.0 Å². The summed E-state index contributed by atoms with van der Waals surface area (Å²) in [5.41, 5.74) is 4.55. The Hall–Kier alpha value is -3.56. The third-order valence-electron chi connectivity index (χ3n) is 5.99. The number of anilines is 1. The van der Waals surface area contributed by atoms with Crippen LogP contribution in [0.5, 0.6) is 0 Å². The predicted octanol–water partition coefficient (Wildman–Crippen LogP) is 3.78. The predicted molar refractivity (Wildman–Crippen MR) is 134 cm³/mol. The van der Waals surface area contributed by atoms with Crippen molar-refractivity contribution in [3.05, 3.63) is 81.8 Å². The van der Waals surface area contributed by atoms with E-state index in [1.165, 1.54) is 15.9 Å². The van der Waals surface area contributed by atoms with E-state index in [0.29, 0.717) is 24.6 Å². The second kappa shape index (κ2) is 9.36. The molecular formula is C25H26N6O2S. The fraction of sp³-hybridized carbons (Fsp3) is 0.280. The largest absolute Gasteiger partial charge is 0.322 e. The minimum absolute atomic E-state index is 0.0833. The second-order valence-corrected chi connectivity index (χ2v) is 9.52. The summed E-state index contributed by atoms with van der Waals surface area (Å²) < 4.78 is 1.37. The number of amides is 2. The maximum absolute atomic E-state index is 12.7. The third-order valence-corrected chi connectivity index (χ3v) is 6.95. The summed E-state index contributed by atoms with van der Waals surface area (Å²) in [6, 6.07) is 17.3. The van der Waals surface area contributed by atoms with Crippen LogP contribution < -0.4 is 10.9 Å². The number of para-hydroxylation sites is 1. The Kier molecular flexibility index (Phi) is 6.12. The monoisotopic (exact) mass is 474 g/mol. The first-order valence-electron chi connectivity index (χ1n) is 11.3. The van der Waals surface area contributed by atoms with Gasteiger partial charge in [0, 0.05) is 50.0 Å². The minimum atomic E-state index is -0.175. The fourth-order valence-corrected chi connectivity index (χ4v) is 5.00. The van der Waals surface area contributed by atoms with Crippen molar-refractivity contribution in [2.75, 3.05) is 31.5 Å². The number of benzene rings is 2. The standard InChI is InChI=1S/C25H26N6O2S/c1-17-6-5-8-19(14-17)23-28-31-22(32)15-20(26-25(31)34-23)16-29-10-12-30(13-11-29)24(33)27-21-9-4-3-7-18(21)2/h3-9,14-15H,10-13,16H2,1-2H3,(H,27,33). The number of aromatic nitrogens is 3. The molecule has 1 N–H and O–H groups in total. The summed E-state index contributed by atoms with van der Waals surface area (Å²) in [4.78, 5) is 34.7. The first-order chi connectivity index (χ1) is 16.5. The molecule has 0 bridgehead atoms. The lowest BCUT2D eigenvalue weighted by atomic mass is 10.1. The van der Waals surface area contributed by atoms with Crippen molar-refractivity contribution in [1.82, 2.24) is 24.4 Å². The zero-order chi connectivity index (χ0) is 23.7. The third kappa shape index (κ3) is 4.71. The van der Waals surface area contributed by atoms with Gasteiger partial charge in [-0.2, -0.15) is 9.61 Å². The quantitative estimate of drug-likeness (QED) is 0.487. The fourth-order valence-electron chi connectivity index (χ4n) is 4.08. The van der Waals surface area contributed by atoms with E-state index in [4.69, 9.17) is 4.98 Å². The molecule has 0 unspecified atom stereocenters. The maximum Gasteiger partial charge on any atom is 0.321 e. The molecule has 0 spiro atoms. The molecule has 2 aromatic carbocycles. The molecule has 1 saturated heterocycles. The molecule has 0 saturated carbocycles. The van der Waals surface area contributed by atoms with E-state index in [-0.39, 0.29) is 11.6 Å². The van der Waals surface area contributed by atoms with Crippen LogP contribution in [0.25, 0.3) is 15.5 Å². The molecule has 2 amide bonds. The molecule has 174 valence electrons. The molecule has 0 atom stereocenters. The summed E-state index contributed by atoms with van der Waals surface area (Å²) in [5.74, 6) is 0. The SMILES string of the molecule is Cc1cccc(-c2nn3c(=O)cc(CN4CCN(C(=O)Nc5ccccc5C)CC4)nc3s2)c1. The van der Waals surface area contributed by atoms with Crippen molar-refractivity contribution in [3.8, 4) is 10.6 Å². The van der Waals surface area contributed by atoms with Crippen molar-refractivity contribution in [2.45, 2.75) is 20.4 Å². The Morgan fingerprint density at radius 1 is 1.03 bits per heavy atom. The van der Waals surface area contributed by atoms with Crippen LogP contribution in [0.3, 0.4) is 0 Å². The molecule has 9 heteroatoms. The van der Waals surface area contributed by atoms with E-state index in [2.05, 4.69) is 21.4 Å². The lowest BCUT2D eigenvalue weighted by Crippen LogP contribution is -2.49. The normalized spacial score (nSPS) is 14.5. The Labute approximate surface area is 201 Å². The number of nitrogens with one attached hydrogen (secondary N) is 1. The topological polar surface area (TPSA) is 82.8 Å². The molecule has 5 rings (SSSR count). The molecule has 0 radical (unpaired) electrons. The number of carbonyl (C=O) groups excluding carboxylic acids is 1. The highest BCUT2D eigenvalue weighted by atomic mass is 32.1. The van der Waals surface area contributed by atoms with Gasteiger partial charge in [-0.15, -0.1) is 0 Å². The molecule has 2 aromatic heterocycles. The van der Waals surface area contributed by atoms with Crippen LogP contribution >= 0.6 is 11.3 Å². The number of fused-ring (bicyclic) bond motifs is 1. The summed E-state index contributed by atoms with van der Waals surface area (Å²) in [5, 5.41) is 8.25. The summed E-state index contributed by atoms with van der Waals surface area (Å²) in [6.07, 6.45) is 0. The first-order valence-corrected chi connectivity index (χ1v) is 12.1. The highest BCUT2D eigenvalue weighted by Gasteiger charge is 2.22. The molecule has 3 heterocycles. The van der Waals surface area contributed by atoms with Crippen molar-refractivity contribution in [2.24, 2.45) is 0 Å². The molecule has 1 fully saturated rings. The lowest BCUT2D eigenvalue weighted by molar-refractivity contribution is 0.142. The van der Waals surface area contributed by atoms with Crippen LogP contribution in [-0.4, -0.2) is 56.6 Å². The number of piperazine rings is 1. The average molecular weight is 475 g/mol. The van der Waals surface area contributed by atoms with Gasteiger partial charge in [0.2, 0.25) is 4.96 Å². The van der Waals surface area contributed by atoms with E-state index >= 15 is 0 Å². The van der Waals surface area contributed by atoms with Crippen LogP contribution in [0, 0.1) is 13.8 Å². The van der Waals surface area contributed by atoms with Crippen LogP contribution in [0.4, 0.5) is 10.5 Å². The van der Waals surface area contributed by atoms with Crippen LogP contribution in [0.15, 0.2) is 59.4 Å². The van der Waals surface area contributed by atoms with Gasteiger partial charge in [0.1, 0.15) is 5.01 Å². The van der Waals surface area contributed by atoms with E-state index in [9.17, 15) is 9.59 Å². The zero-order valence-electron chi connectivity index (χ0n) is 19.2. The van der Waals surface area contributed by atoms with E-state index in [0.717, 1.165) is 46.2 Å². The van der Waals surface area contributed by atoms with Gasteiger partial charge in [-0.25, -0.2) is 9.78 Å². The Bertz CT molecular complexity index is 1400. The summed E-state index contributed by atoms with van der Waals surface area (Å²) in [7, 11) is 0. The molecule has 1 aliphatic rings. The molecule has 1 aliphatic heterocycles. The van der Waals surface area contributed by atoms with Crippen LogP contribution in [0.2, 0.25) is 0 Å². The van der Waals surface area contributed by atoms with Gasteiger partial charge >= 0.3 is 6.03 Å². The number of hydrogen-bond acceptors (Lipinski definition) is 6. The highest BCUT2D eigenvalue weighted by Crippen LogP contribution is 2.25. The van der Waals surface area contributed by atoms with Gasteiger partial charge in [-0.3, -0.25) is 9.69 Å². The van der Waals surface area contributed by atoms with Gasteiger partial charge in [-0.1, -0.05) is 53.3 Å². The van der Waals surface area contributed by atoms with Gasteiger partial charge in [-0.05, 0) is 31.5 Å². The van der Waals surface area contributed by atoms with E-state index in [1.54, 1.807) is 6.07 Å². The summed E-state index contributed by atoms with van der Waals surface area (Å²) in [6.45, 7) is 7.27. The molecule has 8 nitrogen and oxygen atoms in total. The van der Waals surface area contributed by atoms with Crippen molar-refractivity contribution < 1.29 is 4.79 Å². The van der Waals surface area contributed by atoms with Gasteiger partial charge < -0.3 is 10.2 Å². The second-order valence-electron chi connectivity index (χ2n) is 8.57. The van der Waals surface area contributed by atoms with Gasteiger partial charge in [0.25, 0.3) is 5.56 Å². The zero-order valence-corrected chi connectivity index (χ0v) is 20.0. The molecule has 0 aliphatic carbocycles. The molecule has 34 heavy (non-hydrogen) atoms. The number of urea groups is 1. The van der Waals surface area contributed by atoms with Crippen LogP contribution in [-0.2, 0) is 6.54 Å². The van der Waals surface area contributed by atoms with Gasteiger partial charge in [0.15, 0.2) is 0 Å². The lowest BCUT2D eigenvalue weighted by Gasteiger charge is -2.34. The highest BCUT2D eigenvalue weighted by molar-refractivity contribution is 7.19. The van der Waals surface area contributed by atoms with E-state index in [1.807, 2.05) is 61.2 Å². The van der Waals surface area contributed by atoms with Crippen molar-refractivity contribution in [3.63, 3.8) is 0 Å². The van der Waals surface area contributed by atoms with Gasteiger partial charge in [0.05, 0.1) is 5.69 Å². The number of aryl methyl sites for hydroxylation is 2. The average Bonchev–Trinajstić information content (AvgIpc) is 3.26. The number of carbonyl (C=O) groups is 1. The maximum atomic E-state index is 12.7. The molecular weight excluding hydrogens is 448 g/mol. The van der Waals surface area contributed by atoms with E-state index < -0.39 is 0 Å². The molecule has 4 aromatic rings. The Morgan fingerprint density at radius 3 is 2.59 bits per heavy atom. The number of nitrogens with zero attached hydrogens (tertiary/aromatic N) is 5. The van der Waals surface area contributed by atoms with Crippen LogP contribution in [0.1, 0.15) is 16.8 Å². The first kappa shape index (κ1) is 22.2. The van der Waals surface area contributed by atoms with Crippen molar-refractivity contribution in [1.29, 1.82) is 0 Å². The number of hydrogen-bond donors (Lipinski definition) is 1. The Balaban J connectivity index is 1.24. The smallest absolute Gasteiger partial charge is 0.321 e. The Morgan fingerprint density at radius 2 is 1.82 bits per heavy atom. The number of rotatable bonds is 4. The summed E-state index contributed by atoms with van der Waals surface area (Å²) >= 11 is 1.42. The minimum Gasteiger partial charge on any atom is -0.322 e.